The third-order valence-corrected chi connectivity index (χ3v) is 3.50. The van der Waals surface area contributed by atoms with Crippen molar-refractivity contribution in [3.63, 3.8) is 0 Å². The van der Waals surface area contributed by atoms with Gasteiger partial charge in [0.1, 0.15) is 18.4 Å². The number of ether oxygens (including phenoxy) is 2. The lowest BCUT2D eigenvalue weighted by Crippen LogP contribution is -2.15. The van der Waals surface area contributed by atoms with Crippen molar-refractivity contribution in [2.45, 2.75) is 13.0 Å². The maximum absolute atomic E-state index is 9.08. The van der Waals surface area contributed by atoms with E-state index in [2.05, 4.69) is 6.07 Å². The largest absolute Gasteiger partial charge is 0.491 e. The van der Waals surface area contributed by atoms with Gasteiger partial charge in [-0.25, -0.2) is 0 Å². The first-order chi connectivity index (χ1) is 8.24. The smallest absolute Gasteiger partial charge is 0.121 e. The fraction of sp³-hybridized carbons (Fsp3) is 0.308. The molecule has 1 aromatic heterocycles. The van der Waals surface area contributed by atoms with Gasteiger partial charge in [-0.3, -0.25) is 0 Å². The maximum Gasteiger partial charge on any atom is 0.121 e. The molecule has 2 aromatic rings. The monoisotopic (exact) mass is 247 g/mol. The van der Waals surface area contributed by atoms with Crippen molar-refractivity contribution in [1.82, 2.24) is 0 Å². The van der Waals surface area contributed by atoms with E-state index in [4.69, 9.17) is 14.7 Å². The molecule has 0 radical (unpaired) electrons. The lowest BCUT2D eigenvalue weighted by Gasteiger charge is -2.11. The van der Waals surface area contributed by atoms with Crippen LogP contribution < -0.4 is 4.74 Å². The molecule has 3 nitrogen and oxygen atoms in total. The number of nitrogens with zero attached hydrogens (tertiary/aromatic N) is 1. The Labute approximate surface area is 104 Å². The molecule has 88 valence electrons. The molecule has 2 rings (SSSR count). The molecule has 1 unspecified atom stereocenters. The first-order valence-corrected chi connectivity index (χ1v) is 6.19. The summed E-state index contributed by atoms with van der Waals surface area (Å²) in [6, 6.07) is 7.92. The average Bonchev–Trinajstić information content (AvgIpc) is 2.82. The zero-order valence-electron chi connectivity index (χ0n) is 9.77. The maximum atomic E-state index is 9.08. The third-order valence-electron chi connectivity index (χ3n) is 2.53. The Morgan fingerprint density at radius 2 is 2.29 bits per heavy atom. The molecule has 0 aliphatic rings. The fourth-order valence-corrected chi connectivity index (χ4v) is 2.35. The molecule has 0 bridgehead atoms. The minimum absolute atomic E-state index is 0.0405. The van der Waals surface area contributed by atoms with Crippen LogP contribution in [0.5, 0.6) is 5.75 Å². The van der Waals surface area contributed by atoms with E-state index in [1.54, 1.807) is 24.5 Å². The van der Waals surface area contributed by atoms with Gasteiger partial charge in [0.25, 0.3) is 0 Å². The summed E-state index contributed by atoms with van der Waals surface area (Å²) < 4.78 is 11.7. The molecule has 1 aromatic carbocycles. The van der Waals surface area contributed by atoms with Gasteiger partial charge in [0.2, 0.25) is 0 Å². The number of hydrogen-bond donors (Lipinski definition) is 0. The highest BCUT2D eigenvalue weighted by atomic mass is 32.1. The summed E-state index contributed by atoms with van der Waals surface area (Å²) in [7, 11) is 1.65. The second-order valence-corrected chi connectivity index (χ2v) is 4.70. The molecule has 1 heterocycles. The second kappa shape index (κ2) is 5.17. The first kappa shape index (κ1) is 11.9. The molecular weight excluding hydrogens is 234 g/mol. The van der Waals surface area contributed by atoms with Crippen LogP contribution >= 0.6 is 11.3 Å². The SMILES string of the molecule is COC(C)COc1cc(C#N)c2sccc2c1. The van der Waals surface area contributed by atoms with Crippen LogP contribution in [0.4, 0.5) is 0 Å². The van der Waals surface area contributed by atoms with E-state index in [1.165, 1.54) is 0 Å². The Bertz CT molecular complexity index is 556. The molecule has 0 aliphatic heterocycles. The minimum Gasteiger partial charge on any atom is -0.491 e. The summed E-state index contributed by atoms with van der Waals surface area (Å²) in [5, 5.41) is 12.1. The van der Waals surface area contributed by atoms with Gasteiger partial charge in [-0.2, -0.15) is 5.26 Å². The van der Waals surface area contributed by atoms with E-state index < -0.39 is 0 Å². The van der Waals surface area contributed by atoms with Gasteiger partial charge in [0, 0.05) is 7.11 Å². The number of rotatable bonds is 4. The third kappa shape index (κ3) is 2.57. The predicted molar refractivity (Wildman–Crippen MR) is 68.5 cm³/mol. The van der Waals surface area contributed by atoms with Gasteiger partial charge in [-0.1, -0.05) is 0 Å². The van der Waals surface area contributed by atoms with Crippen LogP contribution in [0.3, 0.4) is 0 Å². The lowest BCUT2D eigenvalue weighted by molar-refractivity contribution is 0.0717. The average molecular weight is 247 g/mol. The quantitative estimate of drug-likeness (QED) is 0.833. The number of hydrogen-bond acceptors (Lipinski definition) is 4. The van der Waals surface area contributed by atoms with E-state index in [0.29, 0.717) is 12.2 Å². The number of thiophene rings is 1. The molecule has 4 heteroatoms. The highest BCUT2D eigenvalue weighted by Crippen LogP contribution is 2.29. The Balaban J connectivity index is 2.26. The summed E-state index contributed by atoms with van der Waals surface area (Å²) in [5.41, 5.74) is 0.664. The Morgan fingerprint density at radius 3 is 3.00 bits per heavy atom. The first-order valence-electron chi connectivity index (χ1n) is 5.31. The summed E-state index contributed by atoms with van der Waals surface area (Å²) in [5.74, 6) is 0.719. The van der Waals surface area contributed by atoms with Crippen LogP contribution in [0.1, 0.15) is 12.5 Å². The molecule has 0 saturated carbocycles. The van der Waals surface area contributed by atoms with Gasteiger partial charge in [0.05, 0.1) is 16.4 Å². The van der Waals surface area contributed by atoms with E-state index in [-0.39, 0.29) is 6.10 Å². The van der Waals surface area contributed by atoms with Gasteiger partial charge in [-0.05, 0) is 35.9 Å². The number of benzene rings is 1. The molecular formula is C13H13NO2S. The van der Waals surface area contributed by atoms with E-state index >= 15 is 0 Å². The van der Waals surface area contributed by atoms with Crippen molar-refractivity contribution < 1.29 is 9.47 Å². The summed E-state index contributed by atoms with van der Waals surface area (Å²) >= 11 is 1.57. The van der Waals surface area contributed by atoms with E-state index in [9.17, 15) is 0 Å². The predicted octanol–water partition coefficient (Wildman–Crippen LogP) is 3.19. The van der Waals surface area contributed by atoms with Crippen LogP contribution in [0, 0.1) is 11.3 Å². The van der Waals surface area contributed by atoms with Crippen molar-refractivity contribution in [2.75, 3.05) is 13.7 Å². The fourth-order valence-electron chi connectivity index (χ4n) is 1.50. The molecule has 0 fully saturated rings. The Hall–Kier alpha value is -1.57. The molecule has 0 aliphatic carbocycles. The number of methoxy groups -OCH3 is 1. The van der Waals surface area contributed by atoms with Crippen molar-refractivity contribution in [3.05, 3.63) is 29.1 Å². The molecule has 0 N–H and O–H groups in total. The number of nitriles is 1. The molecule has 0 amide bonds. The highest BCUT2D eigenvalue weighted by molar-refractivity contribution is 7.17. The van der Waals surface area contributed by atoms with Gasteiger partial charge in [0.15, 0.2) is 0 Å². The van der Waals surface area contributed by atoms with Crippen LogP contribution in [-0.2, 0) is 4.74 Å². The Morgan fingerprint density at radius 1 is 1.47 bits per heavy atom. The lowest BCUT2D eigenvalue weighted by atomic mass is 10.2. The van der Waals surface area contributed by atoms with Crippen LogP contribution in [0.15, 0.2) is 23.6 Å². The van der Waals surface area contributed by atoms with Crippen LogP contribution in [0.25, 0.3) is 10.1 Å². The number of fused-ring (bicyclic) bond motifs is 1. The Kier molecular flexibility index (Phi) is 3.62. The highest BCUT2D eigenvalue weighted by Gasteiger charge is 2.07. The minimum atomic E-state index is 0.0405. The zero-order chi connectivity index (χ0) is 12.3. The zero-order valence-corrected chi connectivity index (χ0v) is 10.6. The summed E-state index contributed by atoms with van der Waals surface area (Å²) in [6.45, 7) is 2.42. The van der Waals surface area contributed by atoms with Crippen molar-refractivity contribution >= 4 is 21.4 Å². The van der Waals surface area contributed by atoms with E-state index in [1.807, 2.05) is 24.4 Å². The van der Waals surface area contributed by atoms with Gasteiger partial charge >= 0.3 is 0 Å². The molecule has 17 heavy (non-hydrogen) atoms. The van der Waals surface area contributed by atoms with Crippen molar-refractivity contribution in [3.8, 4) is 11.8 Å². The topological polar surface area (TPSA) is 42.2 Å². The molecule has 0 saturated heterocycles. The summed E-state index contributed by atoms with van der Waals surface area (Å²) in [6.07, 6.45) is 0.0405. The van der Waals surface area contributed by atoms with Crippen molar-refractivity contribution in [1.29, 1.82) is 5.26 Å². The van der Waals surface area contributed by atoms with Gasteiger partial charge < -0.3 is 9.47 Å². The van der Waals surface area contributed by atoms with E-state index in [0.717, 1.165) is 15.8 Å². The van der Waals surface area contributed by atoms with Gasteiger partial charge in [-0.15, -0.1) is 11.3 Å². The van der Waals surface area contributed by atoms with Crippen LogP contribution in [-0.4, -0.2) is 19.8 Å². The molecule has 0 spiro atoms. The second-order valence-electron chi connectivity index (χ2n) is 3.78. The van der Waals surface area contributed by atoms with Crippen molar-refractivity contribution in [2.24, 2.45) is 0 Å². The summed E-state index contributed by atoms with van der Waals surface area (Å²) in [4.78, 5) is 0. The molecule has 1 atom stereocenters. The normalized spacial score (nSPS) is 12.3. The standard InChI is InChI=1S/C13H13NO2S/c1-9(15-2)8-16-12-5-10-3-4-17-13(10)11(6-12)7-14/h3-6,9H,8H2,1-2H3. The van der Waals surface area contributed by atoms with Crippen LogP contribution in [0.2, 0.25) is 0 Å².